The van der Waals surface area contributed by atoms with Crippen LogP contribution in [0.4, 0.5) is 5.69 Å². The lowest BCUT2D eigenvalue weighted by Crippen LogP contribution is -2.52. The van der Waals surface area contributed by atoms with Crippen molar-refractivity contribution >= 4 is 11.7 Å². The highest BCUT2D eigenvalue weighted by molar-refractivity contribution is 5.66. The van der Waals surface area contributed by atoms with Crippen molar-refractivity contribution in [2.24, 2.45) is 0 Å². The van der Waals surface area contributed by atoms with Gasteiger partial charge in [-0.25, -0.2) is 5.01 Å². The minimum Gasteiger partial charge on any atom is -0.438 e. The fraction of sp³-hybridized carbons (Fsp3) is 0.267. The number of para-hydroxylation sites is 1. The first-order valence-electron chi connectivity index (χ1n) is 6.19. The molecule has 4 nitrogen and oxygen atoms in total. The molecule has 2 rings (SSSR count). The van der Waals surface area contributed by atoms with Gasteiger partial charge in [0.05, 0.1) is 5.69 Å². The number of ether oxygens (including phenoxy) is 1. The Morgan fingerprint density at radius 3 is 2.37 bits per heavy atom. The fourth-order valence-corrected chi connectivity index (χ4v) is 2.03. The molecule has 0 unspecified atom stereocenters. The van der Waals surface area contributed by atoms with Crippen molar-refractivity contribution < 1.29 is 9.53 Å². The van der Waals surface area contributed by atoms with E-state index >= 15 is 0 Å². The second-order valence-corrected chi connectivity index (χ2v) is 4.75. The number of carbonyl (C=O) groups excluding carboxylic acids is 1. The summed E-state index contributed by atoms with van der Waals surface area (Å²) < 4.78 is 5.39. The Morgan fingerprint density at radius 1 is 1.11 bits per heavy atom. The molecule has 19 heavy (non-hydrogen) atoms. The number of hydrazine groups is 1. The van der Waals surface area contributed by atoms with Crippen molar-refractivity contribution in [2.45, 2.75) is 26.5 Å². The van der Waals surface area contributed by atoms with Crippen LogP contribution < -0.4 is 5.01 Å². The van der Waals surface area contributed by atoms with Crippen LogP contribution in [0, 0.1) is 0 Å². The summed E-state index contributed by atoms with van der Waals surface area (Å²) in [6.07, 6.45) is 7.66. The number of benzene rings is 1. The van der Waals surface area contributed by atoms with Gasteiger partial charge < -0.3 is 4.74 Å². The fourth-order valence-electron chi connectivity index (χ4n) is 2.03. The van der Waals surface area contributed by atoms with E-state index in [4.69, 9.17) is 4.74 Å². The maximum absolute atomic E-state index is 11.2. The lowest BCUT2D eigenvalue weighted by molar-refractivity contribution is -0.169. The average Bonchev–Trinajstić information content (AvgIpc) is 2.38. The van der Waals surface area contributed by atoms with Crippen molar-refractivity contribution in [1.29, 1.82) is 0 Å². The second kappa shape index (κ2) is 5.18. The van der Waals surface area contributed by atoms with Crippen LogP contribution in [0.15, 0.2) is 54.9 Å². The molecule has 1 aliphatic rings. The maximum atomic E-state index is 11.2. The highest BCUT2D eigenvalue weighted by Gasteiger charge is 2.32. The molecule has 4 heteroatoms. The van der Waals surface area contributed by atoms with Gasteiger partial charge in [0.1, 0.15) is 0 Å². The van der Waals surface area contributed by atoms with E-state index in [0.29, 0.717) is 0 Å². The van der Waals surface area contributed by atoms with E-state index in [1.165, 1.54) is 6.92 Å². The minimum absolute atomic E-state index is 0.305. The normalized spacial score (nSPS) is 14.7. The molecule has 1 aromatic carbocycles. The van der Waals surface area contributed by atoms with Crippen LogP contribution in [0.5, 0.6) is 0 Å². The molecule has 0 saturated heterocycles. The van der Waals surface area contributed by atoms with Crippen molar-refractivity contribution in [3.8, 4) is 0 Å². The van der Waals surface area contributed by atoms with Gasteiger partial charge >= 0.3 is 5.97 Å². The van der Waals surface area contributed by atoms with Crippen LogP contribution in [0.25, 0.3) is 0 Å². The molecule has 0 atom stereocenters. The SMILES string of the molecule is CC(=O)OC(C)(C)N1C=CC=CN1c1ccccc1. The van der Waals surface area contributed by atoms with Gasteiger partial charge in [0.2, 0.25) is 0 Å². The Bertz CT molecular complexity index is 506. The highest BCUT2D eigenvalue weighted by atomic mass is 16.6. The molecule has 0 spiro atoms. The van der Waals surface area contributed by atoms with Gasteiger partial charge in [-0.2, -0.15) is 0 Å². The van der Waals surface area contributed by atoms with E-state index in [2.05, 4.69) is 0 Å². The Kier molecular flexibility index (Phi) is 3.60. The summed E-state index contributed by atoms with van der Waals surface area (Å²) in [6, 6.07) is 9.91. The number of hydrogen-bond acceptors (Lipinski definition) is 4. The molecule has 0 aliphatic carbocycles. The maximum Gasteiger partial charge on any atom is 0.304 e. The van der Waals surface area contributed by atoms with E-state index in [1.807, 2.05) is 78.7 Å². The van der Waals surface area contributed by atoms with Gasteiger partial charge in [-0.1, -0.05) is 18.2 Å². The second-order valence-electron chi connectivity index (χ2n) is 4.75. The number of allylic oxidation sites excluding steroid dienone is 2. The third-order valence-electron chi connectivity index (χ3n) is 2.76. The van der Waals surface area contributed by atoms with Crippen LogP contribution in [0.1, 0.15) is 20.8 Å². The molecule has 0 aromatic heterocycles. The molecule has 0 amide bonds. The number of rotatable bonds is 3. The molecule has 0 bridgehead atoms. The molecule has 1 aromatic rings. The summed E-state index contributed by atoms with van der Waals surface area (Å²) in [4.78, 5) is 11.2. The molecule has 0 radical (unpaired) electrons. The Morgan fingerprint density at radius 2 is 1.74 bits per heavy atom. The van der Waals surface area contributed by atoms with Gasteiger partial charge in [-0.3, -0.25) is 9.80 Å². The predicted molar refractivity (Wildman–Crippen MR) is 74.9 cm³/mol. The number of hydrogen-bond donors (Lipinski definition) is 0. The first kappa shape index (κ1) is 13.2. The van der Waals surface area contributed by atoms with Gasteiger partial charge in [0.25, 0.3) is 0 Å². The topological polar surface area (TPSA) is 32.8 Å². The lowest BCUT2D eigenvalue weighted by Gasteiger charge is -2.44. The summed E-state index contributed by atoms with van der Waals surface area (Å²) in [5, 5.41) is 3.83. The zero-order chi connectivity index (χ0) is 13.9. The molecule has 0 fully saturated rings. The molecule has 0 saturated carbocycles. The number of anilines is 1. The summed E-state index contributed by atoms with van der Waals surface area (Å²) in [5.74, 6) is -0.305. The van der Waals surface area contributed by atoms with Gasteiger partial charge in [0, 0.05) is 19.3 Å². The highest BCUT2D eigenvalue weighted by Crippen LogP contribution is 2.27. The Hall–Kier alpha value is -2.23. The van der Waals surface area contributed by atoms with E-state index in [9.17, 15) is 4.79 Å². The predicted octanol–water partition coefficient (Wildman–Crippen LogP) is 3.05. The summed E-state index contributed by atoms with van der Waals surface area (Å²) in [7, 11) is 0. The standard InChI is InChI=1S/C15H18N2O2/c1-13(18)19-15(2,3)17-12-8-7-11-16(17)14-9-5-4-6-10-14/h4-12H,1-3H3. The molecular formula is C15H18N2O2. The zero-order valence-corrected chi connectivity index (χ0v) is 11.4. The van der Waals surface area contributed by atoms with Crippen LogP contribution in [0.3, 0.4) is 0 Å². The average molecular weight is 258 g/mol. The van der Waals surface area contributed by atoms with Crippen LogP contribution >= 0.6 is 0 Å². The smallest absolute Gasteiger partial charge is 0.304 e. The molecule has 1 heterocycles. The third-order valence-corrected chi connectivity index (χ3v) is 2.76. The number of carbonyl (C=O) groups is 1. The van der Waals surface area contributed by atoms with E-state index in [-0.39, 0.29) is 5.97 Å². The van der Waals surface area contributed by atoms with E-state index < -0.39 is 5.72 Å². The Labute approximate surface area is 113 Å². The Balaban J connectivity index is 2.30. The van der Waals surface area contributed by atoms with Gasteiger partial charge in [-0.15, -0.1) is 0 Å². The van der Waals surface area contributed by atoms with E-state index in [0.717, 1.165) is 5.69 Å². The number of esters is 1. The summed E-state index contributed by atoms with van der Waals surface area (Å²) in [6.45, 7) is 5.12. The molecule has 0 N–H and O–H groups in total. The first-order chi connectivity index (χ1) is 9.00. The molecule has 1 aliphatic heterocycles. The van der Waals surface area contributed by atoms with Gasteiger partial charge in [0.15, 0.2) is 5.72 Å². The third kappa shape index (κ3) is 2.96. The molecule has 100 valence electrons. The lowest BCUT2D eigenvalue weighted by atomic mass is 10.2. The number of nitrogens with zero attached hydrogens (tertiary/aromatic N) is 2. The van der Waals surface area contributed by atoms with Crippen molar-refractivity contribution in [3.63, 3.8) is 0 Å². The first-order valence-corrected chi connectivity index (χ1v) is 6.19. The van der Waals surface area contributed by atoms with Crippen molar-refractivity contribution in [1.82, 2.24) is 5.01 Å². The quantitative estimate of drug-likeness (QED) is 0.780. The van der Waals surface area contributed by atoms with Gasteiger partial charge in [-0.05, 0) is 38.1 Å². The summed E-state index contributed by atoms with van der Waals surface area (Å²) >= 11 is 0. The van der Waals surface area contributed by atoms with Crippen molar-refractivity contribution in [3.05, 3.63) is 54.9 Å². The zero-order valence-electron chi connectivity index (χ0n) is 11.4. The monoisotopic (exact) mass is 258 g/mol. The van der Waals surface area contributed by atoms with Crippen molar-refractivity contribution in [2.75, 3.05) is 5.01 Å². The van der Waals surface area contributed by atoms with E-state index in [1.54, 1.807) is 0 Å². The largest absolute Gasteiger partial charge is 0.438 e. The summed E-state index contributed by atoms with van der Waals surface area (Å²) in [5.41, 5.74) is 0.242. The van der Waals surface area contributed by atoms with Crippen LogP contribution in [0.2, 0.25) is 0 Å². The minimum atomic E-state index is -0.761. The molecular weight excluding hydrogens is 240 g/mol. The van der Waals surface area contributed by atoms with Crippen LogP contribution in [-0.4, -0.2) is 16.7 Å². The van der Waals surface area contributed by atoms with Crippen LogP contribution in [-0.2, 0) is 9.53 Å².